The molecule has 2 rings (SSSR count). The van der Waals surface area contributed by atoms with Gasteiger partial charge in [-0.1, -0.05) is 6.07 Å². The number of guanidine groups is 1. The zero-order chi connectivity index (χ0) is 13.7. The van der Waals surface area contributed by atoms with Crippen molar-refractivity contribution >= 4 is 28.6 Å². The summed E-state index contributed by atoms with van der Waals surface area (Å²) < 4.78 is 0. The van der Waals surface area contributed by atoms with Gasteiger partial charge in [-0.3, -0.25) is 0 Å². The lowest BCUT2D eigenvalue weighted by atomic mass is 10.3. The van der Waals surface area contributed by atoms with E-state index in [9.17, 15) is 0 Å². The number of thiazole rings is 1. The summed E-state index contributed by atoms with van der Waals surface area (Å²) in [7, 11) is 0. The number of hydrogen-bond donors (Lipinski definition) is 2. The first kappa shape index (κ1) is 14.0. The average Bonchev–Trinajstić information content (AvgIpc) is 2.97. The number of rotatable bonds is 5. The number of aromatic nitrogens is 1. The maximum Gasteiger partial charge on any atom is 0.188 e. The minimum Gasteiger partial charge on any atom is -0.370 e. The van der Waals surface area contributed by atoms with Gasteiger partial charge in [0, 0.05) is 16.3 Å². The Balaban J connectivity index is 1.78. The molecule has 0 saturated carbocycles. The molecule has 4 nitrogen and oxygen atoms in total. The van der Waals surface area contributed by atoms with Crippen LogP contribution in [0.25, 0.3) is 0 Å². The Hall–Kier alpha value is -1.40. The molecule has 0 atom stereocenters. The van der Waals surface area contributed by atoms with Crippen LogP contribution in [0, 0.1) is 13.8 Å². The van der Waals surface area contributed by atoms with Crippen molar-refractivity contribution in [3.63, 3.8) is 0 Å². The number of thiophene rings is 1. The third-order valence-electron chi connectivity index (χ3n) is 2.65. The maximum atomic E-state index is 5.84. The van der Waals surface area contributed by atoms with Crippen molar-refractivity contribution in [2.75, 3.05) is 6.54 Å². The lowest BCUT2D eigenvalue weighted by Gasteiger charge is -2.04. The minimum atomic E-state index is 0.502. The summed E-state index contributed by atoms with van der Waals surface area (Å²) >= 11 is 3.44. The third-order valence-corrected chi connectivity index (χ3v) is 4.64. The Kier molecular flexibility index (Phi) is 4.93. The molecule has 0 fully saturated rings. The number of nitrogens with one attached hydrogen (secondary N) is 1. The van der Waals surface area contributed by atoms with Crippen molar-refractivity contribution < 1.29 is 0 Å². The second-order valence-electron chi connectivity index (χ2n) is 4.20. The molecule has 0 spiro atoms. The number of nitrogens with two attached hydrogens (primary N) is 1. The molecule has 0 unspecified atom stereocenters. The second-order valence-corrected chi connectivity index (χ2v) is 6.52. The highest BCUT2D eigenvalue weighted by Gasteiger charge is 2.03. The number of nitrogens with zero attached hydrogens (tertiary/aromatic N) is 2. The van der Waals surface area contributed by atoms with Gasteiger partial charge in [-0.25, -0.2) is 9.98 Å². The Morgan fingerprint density at radius 2 is 2.32 bits per heavy atom. The molecule has 0 saturated heterocycles. The molecule has 3 N–H and O–H groups in total. The molecule has 19 heavy (non-hydrogen) atoms. The smallest absolute Gasteiger partial charge is 0.188 e. The van der Waals surface area contributed by atoms with Crippen LogP contribution < -0.4 is 11.1 Å². The Labute approximate surface area is 121 Å². The third kappa shape index (κ3) is 4.33. The van der Waals surface area contributed by atoms with E-state index in [1.54, 1.807) is 22.7 Å². The van der Waals surface area contributed by atoms with E-state index in [-0.39, 0.29) is 0 Å². The topological polar surface area (TPSA) is 63.3 Å². The predicted octanol–water partition coefficient (Wildman–Crippen LogP) is 2.47. The molecular weight excluding hydrogens is 276 g/mol. The van der Waals surface area contributed by atoms with Gasteiger partial charge in [0.15, 0.2) is 5.96 Å². The first-order valence-electron chi connectivity index (χ1n) is 6.14. The Morgan fingerprint density at radius 3 is 2.95 bits per heavy atom. The first-order valence-corrected chi connectivity index (χ1v) is 7.84. The molecule has 0 bridgehead atoms. The number of aryl methyl sites for hydroxylation is 2. The maximum absolute atomic E-state index is 5.84. The molecule has 2 aromatic rings. The number of hydrogen-bond acceptors (Lipinski definition) is 4. The van der Waals surface area contributed by atoms with Crippen molar-refractivity contribution in [3.8, 4) is 0 Å². The summed E-state index contributed by atoms with van der Waals surface area (Å²) in [5.74, 6) is 0.502. The van der Waals surface area contributed by atoms with Gasteiger partial charge >= 0.3 is 0 Å². The number of aliphatic imine (C=N–C) groups is 1. The molecule has 0 radical (unpaired) electrons. The van der Waals surface area contributed by atoms with Crippen molar-refractivity contribution in [3.05, 3.63) is 38.0 Å². The van der Waals surface area contributed by atoms with Gasteiger partial charge in [0.25, 0.3) is 0 Å². The molecule has 0 aliphatic carbocycles. The Bertz CT molecular complexity index is 543. The van der Waals surface area contributed by atoms with Crippen LogP contribution in [0.1, 0.15) is 20.5 Å². The monoisotopic (exact) mass is 294 g/mol. The van der Waals surface area contributed by atoms with Crippen LogP contribution in [0.5, 0.6) is 0 Å². The summed E-state index contributed by atoms with van der Waals surface area (Å²) in [5.41, 5.74) is 6.90. The molecule has 0 aliphatic heterocycles. The summed E-state index contributed by atoms with van der Waals surface area (Å²) in [6.45, 7) is 5.44. The second kappa shape index (κ2) is 6.68. The SMILES string of the molecule is Cc1nc(C)c(CN=C(N)NCCc2cccs2)s1. The average molecular weight is 294 g/mol. The first-order chi connectivity index (χ1) is 9.15. The largest absolute Gasteiger partial charge is 0.370 e. The summed E-state index contributed by atoms with van der Waals surface area (Å²) in [6, 6.07) is 4.19. The highest BCUT2D eigenvalue weighted by Crippen LogP contribution is 2.17. The van der Waals surface area contributed by atoms with E-state index in [2.05, 4.69) is 32.8 Å². The van der Waals surface area contributed by atoms with Crippen molar-refractivity contribution in [2.24, 2.45) is 10.7 Å². The van der Waals surface area contributed by atoms with Crippen LogP contribution in [0.3, 0.4) is 0 Å². The van der Waals surface area contributed by atoms with E-state index in [1.807, 2.05) is 13.8 Å². The highest BCUT2D eigenvalue weighted by molar-refractivity contribution is 7.11. The molecule has 0 amide bonds. The fourth-order valence-corrected chi connectivity index (χ4v) is 3.27. The van der Waals surface area contributed by atoms with Crippen LogP contribution in [0.4, 0.5) is 0 Å². The van der Waals surface area contributed by atoms with Gasteiger partial charge in [0.2, 0.25) is 0 Å². The summed E-state index contributed by atoms with van der Waals surface area (Å²) in [6.07, 6.45) is 0.979. The molecule has 102 valence electrons. The van der Waals surface area contributed by atoms with Gasteiger partial charge in [-0.2, -0.15) is 0 Å². The van der Waals surface area contributed by atoms with E-state index in [0.29, 0.717) is 12.5 Å². The molecule has 0 aliphatic rings. The van der Waals surface area contributed by atoms with Gasteiger partial charge in [-0.15, -0.1) is 22.7 Å². The lowest BCUT2D eigenvalue weighted by molar-refractivity contribution is 0.857. The van der Waals surface area contributed by atoms with Gasteiger partial charge < -0.3 is 11.1 Å². The predicted molar refractivity (Wildman–Crippen MR) is 82.9 cm³/mol. The molecule has 2 heterocycles. The van der Waals surface area contributed by atoms with Crippen LogP contribution in [-0.4, -0.2) is 17.5 Å². The highest BCUT2D eigenvalue weighted by atomic mass is 32.1. The molecule has 2 aromatic heterocycles. The normalized spacial score (nSPS) is 11.8. The fraction of sp³-hybridized carbons (Fsp3) is 0.385. The zero-order valence-corrected chi connectivity index (χ0v) is 12.8. The van der Waals surface area contributed by atoms with E-state index in [4.69, 9.17) is 5.73 Å². The fourth-order valence-electron chi connectivity index (χ4n) is 1.70. The van der Waals surface area contributed by atoms with Gasteiger partial charge in [0.05, 0.1) is 17.2 Å². The minimum absolute atomic E-state index is 0.502. The summed E-state index contributed by atoms with van der Waals surface area (Å²) in [4.78, 5) is 11.3. The van der Waals surface area contributed by atoms with Crippen molar-refractivity contribution in [2.45, 2.75) is 26.8 Å². The molecule has 6 heteroatoms. The zero-order valence-electron chi connectivity index (χ0n) is 11.1. The summed E-state index contributed by atoms with van der Waals surface area (Å²) in [5, 5.41) is 6.30. The van der Waals surface area contributed by atoms with Crippen molar-refractivity contribution in [1.29, 1.82) is 0 Å². The Morgan fingerprint density at radius 1 is 1.47 bits per heavy atom. The van der Waals surface area contributed by atoms with E-state index < -0.39 is 0 Å². The van der Waals surface area contributed by atoms with E-state index >= 15 is 0 Å². The van der Waals surface area contributed by atoms with E-state index in [0.717, 1.165) is 23.7 Å². The standard InChI is InChI=1S/C13H18N4S2/c1-9-12(19-10(2)17-9)8-16-13(14)15-6-5-11-4-3-7-18-11/h3-4,7H,5-6,8H2,1-2H3,(H3,14,15,16). The van der Waals surface area contributed by atoms with Crippen LogP contribution in [0.2, 0.25) is 0 Å². The van der Waals surface area contributed by atoms with Gasteiger partial charge in [-0.05, 0) is 31.7 Å². The van der Waals surface area contributed by atoms with Crippen LogP contribution in [-0.2, 0) is 13.0 Å². The van der Waals surface area contributed by atoms with Crippen LogP contribution in [0.15, 0.2) is 22.5 Å². The lowest BCUT2D eigenvalue weighted by Crippen LogP contribution is -2.33. The van der Waals surface area contributed by atoms with Crippen LogP contribution >= 0.6 is 22.7 Å². The van der Waals surface area contributed by atoms with Gasteiger partial charge in [0.1, 0.15) is 0 Å². The molecular formula is C13H18N4S2. The quantitative estimate of drug-likeness (QED) is 0.658. The molecule has 0 aromatic carbocycles. The van der Waals surface area contributed by atoms with E-state index in [1.165, 1.54) is 9.75 Å². The van der Waals surface area contributed by atoms with Crippen molar-refractivity contribution in [1.82, 2.24) is 10.3 Å².